The predicted molar refractivity (Wildman–Crippen MR) is 264 cm³/mol. The summed E-state index contributed by atoms with van der Waals surface area (Å²) < 4.78 is 38.7. The van der Waals surface area contributed by atoms with Gasteiger partial charge in [-0.05, 0) is 90.0 Å². The summed E-state index contributed by atoms with van der Waals surface area (Å²) in [6.45, 7) is 10.7. The van der Waals surface area contributed by atoms with Crippen molar-refractivity contribution in [2.75, 3.05) is 52.6 Å². The number of carbonyl (C=O) groups excluding carboxylic acids is 3. The summed E-state index contributed by atoms with van der Waals surface area (Å²) in [4.78, 5) is 50.5. The van der Waals surface area contributed by atoms with Gasteiger partial charge in [-0.2, -0.15) is 0 Å². The summed E-state index contributed by atoms with van der Waals surface area (Å²) in [5.41, 5.74) is 4.83. The number of phenolic OH excluding ortho intramolecular Hbond substituents is 1. The number of hydrogen-bond acceptors (Lipinski definition) is 13. The average Bonchev–Trinajstić information content (AvgIpc) is 4.14. The third kappa shape index (κ3) is 12.6. The number of β-amino-alcohol motifs (C(OH)–C–C–N with tert-alkyl or cyclic N) is 1. The number of halogens is 1. The normalized spacial score (nSPS) is 17.8. The van der Waals surface area contributed by atoms with Crippen molar-refractivity contribution in [3.63, 3.8) is 0 Å². The molecule has 4 aromatic carbocycles. The fourth-order valence-corrected chi connectivity index (χ4v) is 10.5. The molecule has 0 saturated carbocycles. The van der Waals surface area contributed by atoms with Gasteiger partial charge in [-0.15, -0.1) is 22.7 Å². The monoisotopic (exact) mass is 979 g/mol. The van der Waals surface area contributed by atoms with E-state index in [-0.39, 0.29) is 56.3 Å². The number of hydrogen-bond donors (Lipinski definition) is 4. The van der Waals surface area contributed by atoms with Crippen molar-refractivity contribution in [3.8, 4) is 43.9 Å². The Hall–Kier alpha value is -5.95. The van der Waals surface area contributed by atoms with Crippen LogP contribution in [0.2, 0.25) is 0 Å². The van der Waals surface area contributed by atoms with E-state index in [0.29, 0.717) is 37.0 Å². The number of likely N-dealkylation sites (tertiary alicyclic amines) is 2. The number of aromatic nitrogens is 1. The number of fused-ring (bicyclic) bond motifs is 1. The number of aryl methyl sites for hydroxylation is 1. The second-order valence-electron chi connectivity index (χ2n) is 18.4. The molecule has 6 aromatic rings. The molecule has 4 N–H and O–H groups in total. The first kappa shape index (κ1) is 49.5. The van der Waals surface area contributed by atoms with E-state index in [9.17, 15) is 29.0 Å². The van der Waals surface area contributed by atoms with Crippen LogP contribution in [0.4, 0.5) is 4.39 Å². The highest BCUT2D eigenvalue weighted by Gasteiger charge is 2.44. The van der Waals surface area contributed by atoms with Crippen LogP contribution in [0.15, 0.2) is 96.5 Å². The van der Waals surface area contributed by atoms with Crippen molar-refractivity contribution in [3.05, 3.63) is 114 Å². The van der Waals surface area contributed by atoms with Crippen LogP contribution in [0.25, 0.3) is 31.0 Å². The molecule has 14 nitrogen and oxygen atoms in total. The molecular formula is C52H58FN5O9S2. The number of carbonyl (C=O) groups is 3. The molecule has 4 atom stereocenters. The minimum absolute atomic E-state index is 0.0127. The molecule has 0 bridgehead atoms. The van der Waals surface area contributed by atoms with Gasteiger partial charge in [-0.3, -0.25) is 19.3 Å². The van der Waals surface area contributed by atoms with E-state index in [0.717, 1.165) is 61.7 Å². The second kappa shape index (κ2) is 22.2. The number of ether oxygens (including phenoxy) is 4. The minimum Gasteiger partial charge on any atom is -0.508 e. The molecule has 2 aliphatic heterocycles. The van der Waals surface area contributed by atoms with Crippen molar-refractivity contribution in [2.45, 2.75) is 71.4 Å². The SMILES string of the molecule is Cc1ncsc1-c1ccc(CNC(=O)[C@@H]2C[C@@H](O)CN2C(=O)[C@@H](NC(=O)COCCO[C@@H]2CCN(CCOc3ccc(Oc4c(-c5ccc(F)cc5)sc5cc(O)ccc45)cc3)C2)C(C)(C)C)cc1. The van der Waals surface area contributed by atoms with Crippen molar-refractivity contribution in [1.29, 1.82) is 0 Å². The van der Waals surface area contributed by atoms with Crippen molar-refractivity contribution in [1.82, 2.24) is 25.4 Å². The highest BCUT2D eigenvalue weighted by atomic mass is 32.1. The van der Waals surface area contributed by atoms with E-state index >= 15 is 0 Å². The van der Waals surface area contributed by atoms with E-state index in [1.165, 1.54) is 28.4 Å². The van der Waals surface area contributed by atoms with Crippen LogP contribution in [0.3, 0.4) is 0 Å². The second-order valence-corrected chi connectivity index (χ2v) is 20.4. The van der Waals surface area contributed by atoms with Gasteiger partial charge in [-0.25, -0.2) is 9.37 Å². The standard InChI is InChI=1S/C52H58FN5O9S2/c1-32-47(68-31-55-32)34-7-5-33(6-8-34)27-54-50(62)43-25-38(60)28-58(43)51(63)49(52(2,3)4)56-45(61)30-64-23-24-66-41-19-20-57(29-41)21-22-65-39-14-16-40(17-15-39)67-46-42-18-13-37(59)26-44(42)69-48(46)35-9-11-36(53)12-10-35/h5-18,26,31,38,41,43,49,59-60H,19-25,27-30H2,1-4H3,(H,54,62)(H,56,61)/t38-,41-,43+,49-/m1/s1. The molecule has 364 valence electrons. The number of amides is 3. The Morgan fingerprint density at radius 3 is 2.36 bits per heavy atom. The van der Waals surface area contributed by atoms with Gasteiger partial charge in [0, 0.05) is 49.2 Å². The van der Waals surface area contributed by atoms with Gasteiger partial charge in [0.05, 0.1) is 46.4 Å². The molecule has 69 heavy (non-hydrogen) atoms. The minimum atomic E-state index is -0.964. The van der Waals surface area contributed by atoms with E-state index in [1.807, 2.05) is 87.8 Å². The van der Waals surface area contributed by atoms with Crippen molar-refractivity contribution >= 4 is 50.5 Å². The lowest BCUT2D eigenvalue weighted by atomic mass is 9.85. The predicted octanol–water partition coefficient (Wildman–Crippen LogP) is 7.93. The van der Waals surface area contributed by atoms with Crippen LogP contribution < -0.4 is 20.1 Å². The van der Waals surface area contributed by atoms with Gasteiger partial charge in [0.15, 0.2) is 5.75 Å². The highest BCUT2D eigenvalue weighted by molar-refractivity contribution is 7.22. The Balaban J connectivity index is 0.732. The summed E-state index contributed by atoms with van der Waals surface area (Å²) in [5, 5.41) is 27.3. The lowest BCUT2D eigenvalue weighted by Gasteiger charge is -2.35. The van der Waals surface area contributed by atoms with Gasteiger partial charge in [0.25, 0.3) is 0 Å². The van der Waals surface area contributed by atoms with Gasteiger partial charge in [0.1, 0.15) is 48.4 Å². The first-order valence-electron chi connectivity index (χ1n) is 23.1. The van der Waals surface area contributed by atoms with E-state index < -0.39 is 35.4 Å². The fourth-order valence-electron chi connectivity index (χ4n) is 8.53. The van der Waals surface area contributed by atoms with Gasteiger partial charge in [-0.1, -0.05) is 57.2 Å². The Labute approximate surface area is 409 Å². The molecule has 17 heteroatoms. The lowest BCUT2D eigenvalue weighted by Crippen LogP contribution is -2.58. The Kier molecular flexibility index (Phi) is 15.9. The number of benzene rings is 4. The van der Waals surface area contributed by atoms with Gasteiger partial charge < -0.3 is 44.7 Å². The van der Waals surface area contributed by atoms with Crippen LogP contribution in [0.1, 0.15) is 44.9 Å². The topological polar surface area (TPSA) is 172 Å². The Bertz CT molecular complexity index is 2710. The zero-order chi connectivity index (χ0) is 48.7. The maximum Gasteiger partial charge on any atom is 0.246 e. The molecule has 2 aromatic heterocycles. The summed E-state index contributed by atoms with van der Waals surface area (Å²) in [6.07, 6.45) is 0.0881. The molecule has 0 unspecified atom stereocenters. The summed E-state index contributed by atoms with van der Waals surface area (Å²) in [7, 11) is 0. The molecule has 4 heterocycles. The molecule has 0 spiro atoms. The maximum atomic E-state index is 14.0. The lowest BCUT2D eigenvalue weighted by molar-refractivity contribution is -0.144. The van der Waals surface area contributed by atoms with Crippen LogP contribution in [-0.4, -0.2) is 120 Å². The number of rotatable bonds is 19. The number of thiophene rings is 1. The van der Waals surface area contributed by atoms with Crippen molar-refractivity contribution < 1.29 is 47.9 Å². The molecule has 0 radical (unpaired) electrons. The summed E-state index contributed by atoms with van der Waals surface area (Å²) in [5.74, 6) is 0.500. The number of thiazole rings is 1. The molecule has 2 aliphatic rings. The van der Waals surface area contributed by atoms with Gasteiger partial charge in [0.2, 0.25) is 17.7 Å². The number of aromatic hydroxyl groups is 1. The molecule has 2 fully saturated rings. The Morgan fingerprint density at radius 1 is 0.913 bits per heavy atom. The quantitative estimate of drug-likeness (QED) is 0.0581. The molecule has 8 rings (SSSR count). The van der Waals surface area contributed by atoms with Crippen LogP contribution in [0, 0.1) is 18.2 Å². The maximum absolute atomic E-state index is 14.0. The van der Waals surface area contributed by atoms with Crippen LogP contribution in [-0.2, 0) is 30.4 Å². The summed E-state index contributed by atoms with van der Waals surface area (Å²) >= 11 is 3.04. The zero-order valence-corrected chi connectivity index (χ0v) is 40.7. The Morgan fingerprint density at radius 2 is 1.64 bits per heavy atom. The zero-order valence-electron chi connectivity index (χ0n) is 39.1. The first-order chi connectivity index (χ1) is 33.2. The molecular weight excluding hydrogens is 922 g/mol. The number of aliphatic hydroxyl groups is 1. The van der Waals surface area contributed by atoms with E-state index in [4.69, 9.17) is 18.9 Å². The fraction of sp³-hybridized carbons (Fsp3) is 0.385. The number of nitrogens with zero attached hydrogens (tertiary/aromatic N) is 3. The molecule has 2 saturated heterocycles. The van der Waals surface area contributed by atoms with Crippen LogP contribution in [0.5, 0.6) is 23.0 Å². The third-order valence-electron chi connectivity index (χ3n) is 12.2. The van der Waals surface area contributed by atoms with Crippen LogP contribution >= 0.6 is 22.7 Å². The largest absolute Gasteiger partial charge is 0.508 e. The number of nitrogens with one attached hydrogen (secondary N) is 2. The first-order valence-corrected chi connectivity index (χ1v) is 24.8. The average molecular weight is 980 g/mol. The highest BCUT2D eigenvalue weighted by Crippen LogP contribution is 2.47. The van der Waals surface area contributed by atoms with Gasteiger partial charge >= 0.3 is 0 Å². The van der Waals surface area contributed by atoms with E-state index in [1.54, 1.807) is 35.6 Å². The number of phenols is 1. The van der Waals surface area contributed by atoms with E-state index in [2.05, 4.69) is 20.5 Å². The third-order valence-corrected chi connectivity index (χ3v) is 14.4. The molecule has 0 aliphatic carbocycles. The summed E-state index contributed by atoms with van der Waals surface area (Å²) in [6, 6.07) is 24.8. The number of aliphatic hydroxyl groups excluding tert-OH is 1. The van der Waals surface area contributed by atoms with Crippen molar-refractivity contribution in [2.24, 2.45) is 5.41 Å². The smallest absolute Gasteiger partial charge is 0.246 e. The molecule has 3 amide bonds.